The molecule has 1 rings (SSSR count). The van der Waals surface area contributed by atoms with Crippen molar-refractivity contribution in [2.24, 2.45) is 0 Å². The zero-order valence-electron chi connectivity index (χ0n) is 8.84. The average Bonchev–Trinajstić information content (AvgIpc) is 2.22. The number of carbonyl (C=O) groups is 1. The maximum atomic E-state index is 12.5. The fourth-order valence-electron chi connectivity index (χ4n) is 1.16. The molecule has 0 amide bonds. The van der Waals surface area contributed by atoms with Crippen LogP contribution in [-0.2, 0) is 16.0 Å². The monoisotopic (exact) mass is 375 g/mol. The molecule has 1 aromatic rings. The highest BCUT2D eigenvalue weighted by Crippen LogP contribution is 2.28. The fourth-order valence-corrected chi connectivity index (χ4v) is 2.02. The smallest absolute Gasteiger partial charge is 0.310 e. The third kappa shape index (κ3) is 4.02. The molecule has 3 nitrogen and oxygen atoms in total. The summed E-state index contributed by atoms with van der Waals surface area (Å²) in [6, 6.07) is 1.33. The lowest BCUT2D eigenvalue weighted by molar-refractivity contribution is -0.142. The first-order valence-corrected chi connectivity index (χ1v) is 6.20. The zero-order valence-corrected chi connectivity index (χ0v) is 11.8. The highest BCUT2D eigenvalue weighted by Gasteiger charge is 2.18. The number of aromatic nitrogens is 1. The van der Waals surface area contributed by atoms with Crippen LogP contribution in [0.4, 0.5) is 8.78 Å². The van der Waals surface area contributed by atoms with Crippen molar-refractivity contribution < 1.29 is 18.3 Å². The molecule has 0 unspecified atom stereocenters. The van der Waals surface area contributed by atoms with Crippen LogP contribution in [-0.4, -0.2) is 17.6 Å². The van der Waals surface area contributed by atoms with Crippen LogP contribution in [0.2, 0.25) is 5.02 Å². The Morgan fingerprint density at radius 1 is 1.65 bits per heavy atom. The van der Waals surface area contributed by atoms with Crippen LogP contribution < -0.4 is 0 Å². The minimum absolute atomic E-state index is 0.0254. The molecule has 0 radical (unpaired) electrons. The normalized spacial score (nSPS) is 10.7. The first-order valence-electron chi connectivity index (χ1n) is 4.74. The van der Waals surface area contributed by atoms with Gasteiger partial charge in [-0.15, -0.1) is 0 Å². The lowest BCUT2D eigenvalue weighted by Crippen LogP contribution is -2.10. The van der Waals surface area contributed by atoms with Gasteiger partial charge >= 0.3 is 5.97 Å². The van der Waals surface area contributed by atoms with E-state index >= 15 is 0 Å². The summed E-state index contributed by atoms with van der Waals surface area (Å²) in [5, 5.41) is -0.139. The third-order valence-corrected chi connectivity index (χ3v) is 3.11. The molecule has 0 spiro atoms. The lowest BCUT2D eigenvalue weighted by atomic mass is 10.2. The summed E-state index contributed by atoms with van der Waals surface area (Å²) in [5.41, 5.74) is 0.0159. The van der Waals surface area contributed by atoms with Crippen molar-refractivity contribution in [2.45, 2.75) is 19.8 Å². The molecule has 0 fully saturated rings. The average molecular weight is 376 g/mol. The Kier molecular flexibility index (Phi) is 5.51. The van der Waals surface area contributed by atoms with E-state index in [1.165, 1.54) is 6.07 Å². The SMILES string of the molecule is CCOC(=O)Cc1cc(Cl)c(C(F)F)nc1I. The van der Waals surface area contributed by atoms with Gasteiger partial charge in [0.2, 0.25) is 0 Å². The van der Waals surface area contributed by atoms with E-state index in [1.54, 1.807) is 29.5 Å². The van der Waals surface area contributed by atoms with Crippen LogP contribution in [0, 0.1) is 3.70 Å². The van der Waals surface area contributed by atoms with Gasteiger partial charge in [-0.25, -0.2) is 13.8 Å². The predicted octanol–water partition coefficient (Wildman–Crippen LogP) is 3.38. The van der Waals surface area contributed by atoms with E-state index < -0.39 is 18.1 Å². The van der Waals surface area contributed by atoms with Crippen molar-refractivity contribution in [3.63, 3.8) is 0 Å². The Balaban J connectivity index is 2.95. The minimum Gasteiger partial charge on any atom is -0.466 e. The number of ether oxygens (including phenoxy) is 1. The zero-order chi connectivity index (χ0) is 13.0. The van der Waals surface area contributed by atoms with Crippen molar-refractivity contribution in [3.05, 3.63) is 26.0 Å². The van der Waals surface area contributed by atoms with E-state index in [4.69, 9.17) is 16.3 Å². The Bertz CT molecular complexity index is 429. The first kappa shape index (κ1) is 14.6. The van der Waals surface area contributed by atoms with Crippen molar-refractivity contribution in [1.29, 1.82) is 0 Å². The first-order chi connectivity index (χ1) is 7.95. The molecule has 0 saturated carbocycles. The molecule has 0 atom stereocenters. The van der Waals surface area contributed by atoms with E-state index in [1.807, 2.05) is 0 Å². The van der Waals surface area contributed by atoms with Crippen molar-refractivity contribution >= 4 is 40.2 Å². The van der Waals surface area contributed by atoms with Crippen LogP contribution >= 0.6 is 34.2 Å². The summed E-state index contributed by atoms with van der Waals surface area (Å²) in [6.07, 6.45) is -2.75. The highest BCUT2D eigenvalue weighted by molar-refractivity contribution is 14.1. The number of carbonyl (C=O) groups excluding carboxylic acids is 1. The molecule has 7 heteroatoms. The van der Waals surface area contributed by atoms with Crippen LogP contribution in [0.15, 0.2) is 6.07 Å². The molecule has 17 heavy (non-hydrogen) atoms. The molecule has 0 saturated heterocycles. The quantitative estimate of drug-likeness (QED) is 0.460. The number of nitrogens with zero attached hydrogens (tertiary/aromatic N) is 1. The lowest BCUT2D eigenvalue weighted by Gasteiger charge is -2.08. The van der Waals surface area contributed by atoms with E-state index in [0.29, 0.717) is 9.26 Å². The second-order valence-corrected chi connectivity index (χ2v) is 4.52. The van der Waals surface area contributed by atoms with E-state index in [-0.39, 0.29) is 18.1 Å². The minimum atomic E-state index is -2.73. The second-order valence-electron chi connectivity index (χ2n) is 3.09. The molecule has 94 valence electrons. The van der Waals surface area contributed by atoms with Crippen molar-refractivity contribution in [1.82, 2.24) is 4.98 Å². The van der Waals surface area contributed by atoms with Gasteiger partial charge in [0, 0.05) is 0 Å². The predicted molar refractivity (Wildman–Crippen MR) is 67.3 cm³/mol. The molecule has 0 aromatic carbocycles. The van der Waals surface area contributed by atoms with Gasteiger partial charge in [0.25, 0.3) is 6.43 Å². The number of halogens is 4. The van der Waals surface area contributed by atoms with E-state index in [9.17, 15) is 13.6 Å². The van der Waals surface area contributed by atoms with Gasteiger partial charge in [0.15, 0.2) is 0 Å². The topological polar surface area (TPSA) is 39.2 Å². The number of esters is 1. The molecule has 0 aliphatic heterocycles. The standard InChI is InChI=1S/C10H9ClF2INO2/c1-2-17-7(16)4-5-3-6(11)8(9(12)13)15-10(5)14/h3,9H,2,4H2,1H3. The van der Waals surface area contributed by atoms with E-state index in [0.717, 1.165) is 0 Å². The number of rotatable bonds is 4. The number of pyridine rings is 1. The fraction of sp³-hybridized carbons (Fsp3) is 0.400. The third-order valence-electron chi connectivity index (χ3n) is 1.88. The Morgan fingerprint density at radius 3 is 2.82 bits per heavy atom. The Morgan fingerprint density at radius 2 is 2.29 bits per heavy atom. The largest absolute Gasteiger partial charge is 0.466 e. The van der Waals surface area contributed by atoms with Crippen molar-refractivity contribution in [2.75, 3.05) is 6.61 Å². The summed E-state index contributed by atoms with van der Waals surface area (Å²) in [4.78, 5) is 14.9. The van der Waals surface area contributed by atoms with Gasteiger partial charge in [0.1, 0.15) is 9.39 Å². The van der Waals surface area contributed by atoms with Crippen LogP contribution in [0.25, 0.3) is 0 Å². The number of hydrogen-bond donors (Lipinski definition) is 0. The van der Waals surface area contributed by atoms with Gasteiger partial charge < -0.3 is 4.74 Å². The molecule has 0 N–H and O–H groups in total. The Labute approximate surface area is 116 Å². The van der Waals surface area contributed by atoms with E-state index in [2.05, 4.69) is 4.98 Å². The van der Waals surface area contributed by atoms with Crippen LogP contribution in [0.5, 0.6) is 0 Å². The summed E-state index contributed by atoms with van der Waals surface area (Å²) < 4.78 is 30.0. The second kappa shape index (κ2) is 6.44. The molecular weight excluding hydrogens is 366 g/mol. The molecule has 0 aliphatic rings. The number of hydrogen-bond acceptors (Lipinski definition) is 3. The summed E-state index contributed by atoms with van der Waals surface area (Å²) in [5.74, 6) is -0.437. The van der Waals surface area contributed by atoms with Gasteiger partial charge in [-0.3, -0.25) is 4.79 Å². The summed E-state index contributed by atoms with van der Waals surface area (Å²) in [7, 11) is 0. The Hall–Kier alpha value is -0.500. The molecule has 0 bridgehead atoms. The van der Waals surface area contributed by atoms with Crippen LogP contribution in [0.1, 0.15) is 24.6 Å². The van der Waals surface area contributed by atoms with Gasteiger partial charge in [-0.05, 0) is 41.1 Å². The maximum Gasteiger partial charge on any atom is 0.310 e. The van der Waals surface area contributed by atoms with Gasteiger partial charge in [-0.2, -0.15) is 0 Å². The summed E-state index contributed by atoms with van der Waals surface area (Å²) >= 11 is 7.45. The van der Waals surface area contributed by atoms with Crippen LogP contribution in [0.3, 0.4) is 0 Å². The van der Waals surface area contributed by atoms with Crippen molar-refractivity contribution in [3.8, 4) is 0 Å². The van der Waals surface area contributed by atoms with Gasteiger partial charge in [0.05, 0.1) is 18.1 Å². The molecular formula is C10H9ClF2INO2. The molecule has 1 aromatic heterocycles. The number of alkyl halides is 2. The molecule has 1 heterocycles. The highest BCUT2D eigenvalue weighted by atomic mass is 127. The van der Waals surface area contributed by atoms with Gasteiger partial charge in [-0.1, -0.05) is 11.6 Å². The summed E-state index contributed by atoms with van der Waals surface area (Å²) in [6.45, 7) is 1.96. The maximum absolute atomic E-state index is 12.5. The molecule has 0 aliphatic carbocycles.